The molecule has 0 aliphatic heterocycles. The van der Waals surface area contributed by atoms with Crippen molar-refractivity contribution >= 4 is 34.4 Å². The first-order valence-electron chi connectivity index (χ1n) is 7.83. The number of imidazole rings is 1. The van der Waals surface area contributed by atoms with Gasteiger partial charge < -0.3 is 20.5 Å². The molecule has 8 heteroatoms. The minimum Gasteiger partial charge on any atom is -0.459 e. The normalized spacial score (nSPS) is 11.0. The molecule has 4 aromatic rings. The van der Waals surface area contributed by atoms with E-state index in [4.69, 9.17) is 21.8 Å². The number of nitrogens with one attached hydrogen (secondary N) is 2. The molecule has 0 spiro atoms. The lowest BCUT2D eigenvalue weighted by molar-refractivity contribution is 0.0996. The second kappa shape index (κ2) is 6.62. The van der Waals surface area contributed by atoms with Crippen molar-refractivity contribution in [3.8, 4) is 11.4 Å². The Hall–Kier alpha value is -3.16. The van der Waals surface area contributed by atoms with Crippen molar-refractivity contribution in [2.75, 3.05) is 5.32 Å². The van der Waals surface area contributed by atoms with E-state index in [9.17, 15) is 4.79 Å². The number of H-pyrrole nitrogens is 1. The van der Waals surface area contributed by atoms with Crippen molar-refractivity contribution in [2.24, 2.45) is 5.73 Å². The lowest BCUT2D eigenvalue weighted by atomic mass is 10.2. The Morgan fingerprint density at radius 1 is 1.31 bits per heavy atom. The SMILES string of the molecule is NCc1cnc2nc(-c3cc(NC(=O)c4ccco4)ccc3Cl)[nH]c2c1. The van der Waals surface area contributed by atoms with Crippen molar-refractivity contribution in [3.63, 3.8) is 0 Å². The van der Waals surface area contributed by atoms with Crippen LogP contribution in [0, 0.1) is 0 Å². The maximum absolute atomic E-state index is 12.1. The summed E-state index contributed by atoms with van der Waals surface area (Å²) in [4.78, 5) is 24.1. The minimum absolute atomic E-state index is 0.226. The minimum atomic E-state index is -0.345. The second-order valence-electron chi connectivity index (χ2n) is 5.63. The summed E-state index contributed by atoms with van der Waals surface area (Å²) >= 11 is 6.32. The summed E-state index contributed by atoms with van der Waals surface area (Å²) < 4.78 is 5.09. The summed E-state index contributed by atoms with van der Waals surface area (Å²) in [6.07, 6.45) is 3.13. The first kappa shape index (κ1) is 16.3. The van der Waals surface area contributed by atoms with Crippen molar-refractivity contribution in [2.45, 2.75) is 6.54 Å². The number of hydrogen-bond acceptors (Lipinski definition) is 5. The number of benzene rings is 1. The Kier molecular flexibility index (Phi) is 4.16. The van der Waals surface area contributed by atoms with Crippen LogP contribution in [0.25, 0.3) is 22.6 Å². The van der Waals surface area contributed by atoms with Gasteiger partial charge in [-0.05, 0) is 42.0 Å². The molecule has 130 valence electrons. The number of amides is 1. The van der Waals surface area contributed by atoms with Gasteiger partial charge in [-0.15, -0.1) is 0 Å². The smallest absolute Gasteiger partial charge is 0.291 e. The van der Waals surface area contributed by atoms with Gasteiger partial charge in [0.05, 0.1) is 16.8 Å². The molecule has 0 bridgehead atoms. The van der Waals surface area contributed by atoms with Crippen LogP contribution in [0.15, 0.2) is 53.3 Å². The van der Waals surface area contributed by atoms with Gasteiger partial charge >= 0.3 is 0 Å². The summed E-state index contributed by atoms with van der Waals surface area (Å²) in [5.74, 6) is 0.437. The molecular weight excluding hydrogens is 354 g/mol. The number of carbonyl (C=O) groups excluding carboxylic acids is 1. The summed E-state index contributed by atoms with van der Waals surface area (Å²) in [5, 5.41) is 3.27. The van der Waals surface area contributed by atoms with Crippen molar-refractivity contribution in [1.29, 1.82) is 0 Å². The van der Waals surface area contributed by atoms with Crippen LogP contribution in [0.1, 0.15) is 16.1 Å². The van der Waals surface area contributed by atoms with Gasteiger partial charge in [0.1, 0.15) is 5.82 Å². The van der Waals surface area contributed by atoms with E-state index in [0.29, 0.717) is 34.3 Å². The third-order valence-electron chi connectivity index (χ3n) is 3.85. The molecule has 3 aromatic heterocycles. The van der Waals surface area contributed by atoms with Crippen LogP contribution in [0.5, 0.6) is 0 Å². The van der Waals surface area contributed by atoms with Crippen LogP contribution in [0.2, 0.25) is 5.02 Å². The third-order valence-corrected chi connectivity index (χ3v) is 4.18. The van der Waals surface area contributed by atoms with E-state index in [0.717, 1.165) is 11.1 Å². The fourth-order valence-electron chi connectivity index (χ4n) is 2.57. The average molecular weight is 368 g/mol. The number of rotatable bonds is 4. The molecule has 0 aliphatic carbocycles. The highest BCUT2D eigenvalue weighted by atomic mass is 35.5. The quantitative estimate of drug-likeness (QED) is 0.510. The van der Waals surface area contributed by atoms with Crippen molar-refractivity contribution < 1.29 is 9.21 Å². The van der Waals surface area contributed by atoms with E-state index < -0.39 is 0 Å². The van der Waals surface area contributed by atoms with E-state index >= 15 is 0 Å². The highest BCUT2D eigenvalue weighted by molar-refractivity contribution is 6.33. The number of fused-ring (bicyclic) bond motifs is 1. The zero-order valence-corrected chi connectivity index (χ0v) is 14.2. The highest BCUT2D eigenvalue weighted by Gasteiger charge is 2.14. The molecule has 0 aliphatic rings. The molecule has 1 aromatic carbocycles. The largest absolute Gasteiger partial charge is 0.459 e. The lowest BCUT2D eigenvalue weighted by Gasteiger charge is -2.07. The van der Waals surface area contributed by atoms with Gasteiger partial charge in [-0.25, -0.2) is 9.97 Å². The van der Waals surface area contributed by atoms with Crippen molar-refractivity contribution in [1.82, 2.24) is 15.0 Å². The Morgan fingerprint density at radius 3 is 2.96 bits per heavy atom. The van der Waals surface area contributed by atoms with Gasteiger partial charge in [0.15, 0.2) is 11.4 Å². The molecule has 4 rings (SSSR count). The number of pyridine rings is 1. The van der Waals surface area contributed by atoms with Gasteiger partial charge in [-0.3, -0.25) is 4.79 Å². The number of furan rings is 1. The molecule has 0 saturated heterocycles. The fraction of sp³-hybridized carbons (Fsp3) is 0.0556. The van der Waals surface area contributed by atoms with Crippen LogP contribution in [-0.2, 0) is 6.54 Å². The molecule has 26 heavy (non-hydrogen) atoms. The molecule has 0 unspecified atom stereocenters. The van der Waals surface area contributed by atoms with Gasteiger partial charge in [0.2, 0.25) is 0 Å². The first-order valence-corrected chi connectivity index (χ1v) is 8.21. The summed E-state index contributed by atoms with van der Waals surface area (Å²) in [6, 6.07) is 10.3. The zero-order chi connectivity index (χ0) is 18.1. The van der Waals surface area contributed by atoms with Gasteiger partial charge in [0.25, 0.3) is 5.91 Å². The number of aromatic amines is 1. The molecule has 0 fully saturated rings. The summed E-state index contributed by atoms with van der Waals surface area (Å²) in [5.41, 5.74) is 9.10. The Balaban J connectivity index is 1.69. The summed E-state index contributed by atoms with van der Waals surface area (Å²) in [6.45, 7) is 0.395. The third kappa shape index (κ3) is 3.05. The van der Waals surface area contributed by atoms with Gasteiger partial charge in [-0.2, -0.15) is 0 Å². The van der Waals surface area contributed by atoms with Gasteiger partial charge in [-0.1, -0.05) is 11.6 Å². The molecule has 0 radical (unpaired) electrons. The molecule has 1 amide bonds. The average Bonchev–Trinajstić information content (AvgIpc) is 3.32. The highest BCUT2D eigenvalue weighted by Crippen LogP contribution is 2.30. The maximum Gasteiger partial charge on any atom is 0.291 e. The molecule has 3 heterocycles. The van der Waals surface area contributed by atoms with Crippen LogP contribution in [0.3, 0.4) is 0 Å². The number of nitrogens with zero attached hydrogens (tertiary/aromatic N) is 2. The number of halogens is 1. The number of carbonyl (C=O) groups is 1. The zero-order valence-electron chi connectivity index (χ0n) is 13.5. The van der Waals surface area contributed by atoms with E-state index in [-0.39, 0.29) is 11.7 Å². The van der Waals surface area contributed by atoms with E-state index in [1.807, 2.05) is 6.07 Å². The van der Waals surface area contributed by atoms with Crippen LogP contribution >= 0.6 is 11.6 Å². The second-order valence-corrected chi connectivity index (χ2v) is 6.04. The van der Waals surface area contributed by atoms with Crippen LogP contribution in [-0.4, -0.2) is 20.9 Å². The van der Waals surface area contributed by atoms with E-state index in [1.165, 1.54) is 6.26 Å². The fourth-order valence-corrected chi connectivity index (χ4v) is 2.77. The predicted octanol–water partition coefficient (Wildman–Crippen LogP) is 3.58. The number of anilines is 1. The van der Waals surface area contributed by atoms with Gasteiger partial charge in [0, 0.05) is 24.0 Å². The Labute approximate surface area is 153 Å². The molecule has 4 N–H and O–H groups in total. The van der Waals surface area contributed by atoms with E-state index in [1.54, 1.807) is 36.5 Å². The maximum atomic E-state index is 12.1. The predicted molar refractivity (Wildman–Crippen MR) is 98.9 cm³/mol. The first-order chi connectivity index (χ1) is 12.6. The number of nitrogens with two attached hydrogens (primary N) is 1. The molecule has 0 atom stereocenters. The lowest BCUT2D eigenvalue weighted by Crippen LogP contribution is -2.10. The number of hydrogen-bond donors (Lipinski definition) is 3. The van der Waals surface area contributed by atoms with Crippen LogP contribution in [0.4, 0.5) is 5.69 Å². The molecule has 7 nitrogen and oxygen atoms in total. The Bertz CT molecular complexity index is 1090. The topological polar surface area (TPSA) is 110 Å². The monoisotopic (exact) mass is 367 g/mol. The van der Waals surface area contributed by atoms with Crippen LogP contribution < -0.4 is 11.1 Å². The Morgan fingerprint density at radius 2 is 2.19 bits per heavy atom. The molecule has 0 saturated carbocycles. The standard InChI is InChI=1S/C18H14ClN5O2/c19-13-4-3-11(22-18(25)15-2-1-5-26-15)7-12(13)16-23-14-6-10(8-20)9-21-17(14)24-16/h1-7,9H,8,20H2,(H,22,25)(H,21,23,24). The summed E-state index contributed by atoms with van der Waals surface area (Å²) in [7, 11) is 0. The van der Waals surface area contributed by atoms with E-state index in [2.05, 4.69) is 20.3 Å². The number of aromatic nitrogens is 3. The van der Waals surface area contributed by atoms with Crippen molar-refractivity contribution in [3.05, 3.63) is 65.2 Å². The molecular formula is C18H14ClN5O2.